The lowest BCUT2D eigenvalue weighted by molar-refractivity contribution is -0.145. The smallest absolute Gasteiger partial charge is 0.409 e. The van der Waals surface area contributed by atoms with E-state index < -0.39 is 6.09 Å². The van der Waals surface area contributed by atoms with Gasteiger partial charge in [0.05, 0.1) is 19.6 Å². The second-order valence-electron chi connectivity index (χ2n) is 3.00. The maximum absolute atomic E-state index is 11.1. The van der Waals surface area contributed by atoms with Gasteiger partial charge in [-0.05, 0) is 6.92 Å². The maximum Gasteiger partial charge on any atom is 0.409 e. The molecule has 0 rings (SSSR count). The van der Waals surface area contributed by atoms with Gasteiger partial charge >= 0.3 is 12.1 Å². The highest BCUT2D eigenvalue weighted by molar-refractivity contribution is 5.73. The van der Waals surface area contributed by atoms with Crippen molar-refractivity contribution >= 4 is 12.1 Å². The zero-order valence-corrected chi connectivity index (χ0v) is 9.07. The van der Waals surface area contributed by atoms with Crippen LogP contribution in [0.1, 0.15) is 13.8 Å². The van der Waals surface area contributed by atoms with Crippen molar-refractivity contribution in [1.82, 2.24) is 4.90 Å². The van der Waals surface area contributed by atoms with Crippen molar-refractivity contribution in [2.45, 2.75) is 13.8 Å². The lowest BCUT2D eigenvalue weighted by atomic mass is 10.2. The largest absolute Gasteiger partial charge is 0.469 e. The number of ether oxygens (including phenoxy) is 2. The normalized spacial score (nSPS) is 11.7. The summed E-state index contributed by atoms with van der Waals surface area (Å²) in [5.41, 5.74) is 0. The molecule has 0 heterocycles. The molecule has 1 amide bonds. The summed E-state index contributed by atoms with van der Waals surface area (Å²) in [6, 6.07) is 0. The molecular formula is C9H17NO4. The maximum atomic E-state index is 11.1. The molecule has 0 aliphatic carbocycles. The predicted molar refractivity (Wildman–Crippen MR) is 50.8 cm³/mol. The van der Waals surface area contributed by atoms with Gasteiger partial charge in [0.2, 0.25) is 0 Å². The first-order chi connectivity index (χ1) is 6.52. The van der Waals surface area contributed by atoms with Crippen LogP contribution in [0, 0.1) is 5.92 Å². The molecule has 0 saturated heterocycles. The summed E-state index contributed by atoms with van der Waals surface area (Å²) in [6.45, 7) is 4.05. The van der Waals surface area contributed by atoms with Crippen molar-refractivity contribution in [2.75, 3.05) is 27.3 Å². The number of methoxy groups -OCH3 is 1. The van der Waals surface area contributed by atoms with E-state index in [1.165, 1.54) is 12.0 Å². The fraction of sp³-hybridized carbons (Fsp3) is 0.778. The molecule has 5 heteroatoms. The summed E-state index contributed by atoms with van der Waals surface area (Å²) >= 11 is 0. The Morgan fingerprint density at radius 1 is 1.43 bits per heavy atom. The Balaban J connectivity index is 3.98. The van der Waals surface area contributed by atoms with Gasteiger partial charge in [-0.15, -0.1) is 0 Å². The molecule has 14 heavy (non-hydrogen) atoms. The molecule has 0 spiro atoms. The van der Waals surface area contributed by atoms with Crippen LogP contribution < -0.4 is 0 Å². The predicted octanol–water partition coefficient (Wildman–Crippen LogP) is 0.884. The molecule has 0 aliphatic rings. The number of carbonyl (C=O) groups excluding carboxylic acids is 2. The second kappa shape index (κ2) is 6.23. The Morgan fingerprint density at radius 2 is 2.00 bits per heavy atom. The van der Waals surface area contributed by atoms with Crippen LogP contribution in [0.25, 0.3) is 0 Å². The van der Waals surface area contributed by atoms with Crippen molar-refractivity contribution in [3.63, 3.8) is 0 Å². The van der Waals surface area contributed by atoms with Crippen molar-refractivity contribution in [2.24, 2.45) is 5.92 Å². The summed E-state index contributed by atoms with van der Waals surface area (Å²) in [5.74, 6) is -0.671. The first-order valence-electron chi connectivity index (χ1n) is 4.48. The van der Waals surface area contributed by atoms with E-state index in [2.05, 4.69) is 4.74 Å². The van der Waals surface area contributed by atoms with E-state index in [0.29, 0.717) is 13.2 Å². The average molecular weight is 203 g/mol. The van der Waals surface area contributed by atoms with E-state index in [1.807, 2.05) is 0 Å². The van der Waals surface area contributed by atoms with Crippen LogP contribution in [0.2, 0.25) is 0 Å². The Labute approximate surface area is 84.0 Å². The van der Waals surface area contributed by atoms with Crippen molar-refractivity contribution < 1.29 is 19.1 Å². The third kappa shape index (κ3) is 4.11. The summed E-state index contributed by atoms with van der Waals surface area (Å²) in [7, 11) is 2.90. The van der Waals surface area contributed by atoms with Crippen molar-refractivity contribution in [1.29, 1.82) is 0 Å². The number of esters is 1. The molecule has 1 unspecified atom stereocenters. The van der Waals surface area contributed by atoms with Gasteiger partial charge in [0.1, 0.15) is 0 Å². The molecule has 0 aromatic heterocycles. The molecule has 0 aromatic carbocycles. The van der Waals surface area contributed by atoms with Crippen LogP contribution in [-0.2, 0) is 14.3 Å². The number of carbonyl (C=O) groups is 2. The first-order valence-corrected chi connectivity index (χ1v) is 4.48. The van der Waals surface area contributed by atoms with Gasteiger partial charge in [-0.25, -0.2) is 4.79 Å². The SMILES string of the molecule is CCOC(=O)N(C)CC(C)C(=O)OC. The molecule has 0 N–H and O–H groups in total. The van der Waals surface area contributed by atoms with Crippen molar-refractivity contribution in [3.8, 4) is 0 Å². The average Bonchev–Trinajstić information content (AvgIpc) is 2.16. The van der Waals surface area contributed by atoms with E-state index in [1.54, 1.807) is 20.9 Å². The molecule has 82 valence electrons. The van der Waals surface area contributed by atoms with Gasteiger partial charge in [-0.2, -0.15) is 0 Å². The van der Waals surface area contributed by atoms with Crippen LogP contribution >= 0.6 is 0 Å². The van der Waals surface area contributed by atoms with Crippen LogP contribution in [0.3, 0.4) is 0 Å². The van der Waals surface area contributed by atoms with Gasteiger partial charge in [-0.3, -0.25) is 4.79 Å². The van der Waals surface area contributed by atoms with Gasteiger partial charge in [-0.1, -0.05) is 6.92 Å². The third-order valence-corrected chi connectivity index (χ3v) is 1.73. The molecule has 0 fully saturated rings. The van der Waals surface area contributed by atoms with Crippen LogP contribution in [-0.4, -0.2) is 44.3 Å². The summed E-state index contributed by atoms with van der Waals surface area (Å²) in [5, 5.41) is 0. The van der Waals surface area contributed by atoms with Gasteiger partial charge < -0.3 is 14.4 Å². The Kier molecular flexibility index (Phi) is 5.67. The van der Waals surface area contributed by atoms with Crippen molar-refractivity contribution in [3.05, 3.63) is 0 Å². The number of amides is 1. The molecule has 0 aromatic rings. The Bertz CT molecular complexity index is 205. The van der Waals surface area contributed by atoms with E-state index in [0.717, 1.165) is 0 Å². The fourth-order valence-electron chi connectivity index (χ4n) is 0.995. The number of hydrogen-bond donors (Lipinski definition) is 0. The summed E-state index contributed by atoms with van der Waals surface area (Å²) in [4.78, 5) is 23.5. The van der Waals surface area contributed by atoms with E-state index in [4.69, 9.17) is 4.74 Å². The molecule has 0 radical (unpaired) electrons. The molecule has 0 aliphatic heterocycles. The third-order valence-electron chi connectivity index (χ3n) is 1.73. The van der Waals surface area contributed by atoms with Gasteiger partial charge in [0.25, 0.3) is 0 Å². The minimum atomic E-state index is -0.428. The Morgan fingerprint density at radius 3 is 2.43 bits per heavy atom. The first kappa shape index (κ1) is 12.7. The van der Waals surface area contributed by atoms with Crippen LogP contribution in [0.4, 0.5) is 4.79 Å². The monoisotopic (exact) mass is 203 g/mol. The zero-order chi connectivity index (χ0) is 11.1. The lowest BCUT2D eigenvalue weighted by Crippen LogP contribution is -2.34. The van der Waals surface area contributed by atoms with Crippen LogP contribution in [0.5, 0.6) is 0 Å². The molecule has 5 nitrogen and oxygen atoms in total. The molecular weight excluding hydrogens is 186 g/mol. The number of rotatable bonds is 4. The van der Waals surface area contributed by atoms with Gasteiger partial charge in [0.15, 0.2) is 0 Å². The molecule has 1 atom stereocenters. The summed E-state index contributed by atoms with van der Waals surface area (Å²) in [6.07, 6.45) is -0.428. The standard InChI is InChI=1S/C9H17NO4/c1-5-14-9(12)10(3)6-7(2)8(11)13-4/h7H,5-6H2,1-4H3. The van der Waals surface area contributed by atoms with Crippen LogP contribution in [0.15, 0.2) is 0 Å². The Hall–Kier alpha value is -1.26. The highest BCUT2D eigenvalue weighted by atomic mass is 16.6. The van der Waals surface area contributed by atoms with Gasteiger partial charge in [0, 0.05) is 13.6 Å². The fourth-order valence-corrected chi connectivity index (χ4v) is 0.995. The number of hydrogen-bond acceptors (Lipinski definition) is 4. The summed E-state index contributed by atoms with van der Waals surface area (Å²) < 4.78 is 9.29. The minimum Gasteiger partial charge on any atom is -0.469 e. The van der Waals surface area contributed by atoms with E-state index in [-0.39, 0.29) is 11.9 Å². The second-order valence-corrected chi connectivity index (χ2v) is 3.00. The topological polar surface area (TPSA) is 55.8 Å². The molecule has 0 bridgehead atoms. The zero-order valence-electron chi connectivity index (χ0n) is 9.07. The lowest BCUT2D eigenvalue weighted by Gasteiger charge is -2.19. The minimum absolute atomic E-state index is 0.297. The number of nitrogens with zero attached hydrogens (tertiary/aromatic N) is 1. The van der Waals surface area contributed by atoms with E-state index >= 15 is 0 Å². The quantitative estimate of drug-likeness (QED) is 0.636. The highest BCUT2D eigenvalue weighted by Crippen LogP contribution is 2.01. The highest BCUT2D eigenvalue weighted by Gasteiger charge is 2.18. The molecule has 0 saturated carbocycles. The van der Waals surface area contributed by atoms with E-state index in [9.17, 15) is 9.59 Å².